The number of nitrogens with one attached hydrogen (secondary N) is 1. The zero-order valence-electron chi connectivity index (χ0n) is 13.8. The number of benzene rings is 2. The van der Waals surface area contributed by atoms with Crippen LogP contribution in [0.1, 0.15) is 26.8 Å². The van der Waals surface area contributed by atoms with E-state index < -0.39 is 0 Å². The lowest BCUT2D eigenvalue weighted by atomic mass is 10.0. The Balaban J connectivity index is 1.71. The summed E-state index contributed by atoms with van der Waals surface area (Å²) in [6.45, 7) is 0. The Morgan fingerprint density at radius 2 is 1.76 bits per heavy atom. The van der Waals surface area contributed by atoms with E-state index in [1.807, 2.05) is 83.9 Å². The first-order valence-corrected chi connectivity index (χ1v) is 9.05. The lowest BCUT2D eigenvalue weighted by molar-refractivity contribution is 0.0945. The second-order valence-corrected chi connectivity index (χ2v) is 6.98. The number of aromatic nitrogens is 1. The van der Waals surface area contributed by atoms with E-state index in [4.69, 9.17) is 0 Å². The van der Waals surface area contributed by atoms with Gasteiger partial charge in [0.2, 0.25) is 0 Å². The number of amides is 1. The molecule has 2 aromatic carbocycles. The molecule has 1 amide bonds. The Morgan fingerprint density at radius 1 is 1.00 bits per heavy atom. The third-order valence-corrected chi connectivity index (χ3v) is 5.31. The van der Waals surface area contributed by atoms with Crippen LogP contribution >= 0.6 is 11.3 Å². The smallest absolute Gasteiger partial charge is 0.254 e. The van der Waals surface area contributed by atoms with Crippen molar-refractivity contribution in [3.63, 3.8) is 0 Å². The minimum absolute atomic E-state index is 0.0564. The van der Waals surface area contributed by atoms with Gasteiger partial charge >= 0.3 is 0 Å². The quantitative estimate of drug-likeness (QED) is 0.568. The number of hydrogen-bond donors (Lipinski definition) is 1. The second-order valence-electron chi connectivity index (χ2n) is 6.00. The van der Waals surface area contributed by atoms with E-state index in [9.17, 15) is 4.79 Å². The summed E-state index contributed by atoms with van der Waals surface area (Å²) in [6, 6.07) is 22.0. The van der Waals surface area contributed by atoms with Crippen molar-refractivity contribution in [2.75, 3.05) is 0 Å². The number of thiophene rings is 1. The number of carbonyl (C=O) groups is 1. The predicted molar refractivity (Wildman–Crippen MR) is 103 cm³/mol. The highest BCUT2D eigenvalue weighted by atomic mass is 32.1. The molecule has 2 heterocycles. The normalized spacial score (nSPS) is 12.2. The van der Waals surface area contributed by atoms with E-state index in [-0.39, 0.29) is 11.9 Å². The summed E-state index contributed by atoms with van der Waals surface area (Å²) < 4.78 is 1.99. The number of para-hydroxylation sites is 1. The van der Waals surface area contributed by atoms with Gasteiger partial charge in [0.05, 0.1) is 11.6 Å². The van der Waals surface area contributed by atoms with E-state index in [0.717, 1.165) is 21.3 Å². The fourth-order valence-corrected chi connectivity index (χ4v) is 3.95. The zero-order chi connectivity index (χ0) is 17.2. The Bertz CT molecular complexity index is 1000. The molecule has 0 radical (unpaired) electrons. The lowest BCUT2D eigenvalue weighted by Gasteiger charge is -2.18. The second kappa shape index (κ2) is 6.57. The van der Waals surface area contributed by atoms with Gasteiger partial charge in [-0.2, -0.15) is 0 Å². The van der Waals surface area contributed by atoms with Gasteiger partial charge in [0.25, 0.3) is 5.91 Å². The molecule has 0 spiro atoms. The van der Waals surface area contributed by atoms with E-state index in [1.165, 1.54) is 0 Å². The number of aryl methyl sites for hydroxylation is 1. The molecule has 1 atom stereocenters. The molecule has 0 aliphatic rings. The Hall–Kier alpha value is -2.85. The van der Waals surface area contributed by atoms with E-state index in [0.29, 0.717) is 5.56 Å². The summed E-state index contributed by atoms with van der Waals surface area (Å²) in [5, 5.41) is 6.23. The van der Waals surface area contributed by atoms with Crippen LogP contribution in [0.15, 0.2) is 78.3 Å². The van der Waals surface area contributed by atoms with E-state index in [1.54, 1.807) is 11.3 Å². The van der Waals surface area contributed by atoms with Gasteiger partial charge in [-0.05, 0) is 23.1 Å². The highest BCUT2D eigenvalue weighted by Crippen LogP contribution is 2.27. The summed E-state index contributed by atoms with van der Waals surface area (Å²) in [4.78, 5) is 14.2. The molecule has 1 N–H and O–H groups in total. The Morgan fingerprint density at radius 3 is 2.52 bits per heavy atom. The zero-order valence-corrected chi connectivity index (χ0v) is 14.7. The number of hydrogen-bond acceptors (Lipinski definition) is 2. The van der Waals surface area contributed by atoms with Crippen LogP contribution in [0.25, 0.3) is 10.9 Å². The number of fused-ring (bicyclic) bond motifs is 1. The molecule has 0 bridgehead atoms. The van der Waals surface area contributed by atoms with Crippen molar-refractivity contribution in [1.29, 1.82) is 0 Å². The maximum absolute atomic E-state index is 13.0. The van der Waals surface area contributed by atoms with Gasteiger partial charge in [0, 0.05) is 29.0 Å². The monoisotopic (exact) mass is 346 g/mol. The van der Waals surface area contributed by atoms with E-state index >= 15 is 0 Å². The van der Waals surface area contributed by atoms with Gasteiger partial charge < -0.3 is 9.88 Å². The minimum atomic E-state index is -0.146. The first-order chi connectivity index (χ1) is 12.2. The molecule has 0 aliphatic heterocycles. The number of rotatable bonds is 4. The fourth-order valence-electron chi connectivity index (χ4n) is 3.15. The maximum Gasteiger partial charge on any atom is 0.254 e. The molecule has 25 heavy (non-hydrogen) atoms. The van der Waals surface area contributed by atoms with Gasteiger partial charge in [0.15, 0.2) is 0 Å². The predicted octanol–water partition coefficient (Wildman–Crippen LogP) is 4.76. The summed E-state index contributed by atoms with van der Waals surface area (Å²) in [6.07, 6.45) is 1.90. The first-order valence-electron chi connectivity index (χ1n) is 8.17. The van der Waals surface area contributed by atoms with Crippen LogP contribution in [0, 0.1) is 0 Å². The van der Waals surface area contributed by atoms with Gasteiger partial charge in [-0.1, -0.05) is 54.6 Å². The molecular weight excluding hydrogens is 328 g/mol. The van der Waals surface area contributed by atoms with Crippen molar-refractivity contribution in [3.05, 3.63) is 94.3 Å². The Labute approximate surface area is 150 Å². The molecule has 2 aromatic heterocycles. The van der Waals surface area contributed by atoms with Crippen molar-refractivity contribution < 1.29 is 4.79 Å². The molecule has 1 unspecified atom stereocenters. The minimum Gasteiger partial charge on any atom is -0.350 e. The summed E-state index contributed by atoms with van der Waals surface area (Å²) in [5.41, 5.74) is 2.84. The average molecular weight is 346 g/mol. The van der Waals surface area contributed by atoms with Crippen LogP contribution in [-0.2, 0) is 7.05 Å². The third kappa shape index (κ3) is 2.96. The molecule has 0 aliphatic carbocycles. The largest absolute Gasteiger partial charge is 0.350 e. The summed E-state index contributed by atoms with van der Waals surface area (Å²) in [5.74, 6) is -0.0564. The molecule has 0 saturated carbocycles. The molecule has 0 saturated heterocycles. The molecule has 3 nitrogen and oxygen atoms in total. The van der Waals surface area contributed by atoms with Gasteiger partial charge in [-0.15, -0.1) is 11.3 Å². The molecule has 4 heteroatoms. The van der Waals surface area contributed by atoms with Gasteiger partial charge in [-0.3, -0.25) is 4.79 Å². The molecule has 124 valence electrons. The standard InChI is InChI=1S/C21H18N2OS/c1-23-14-17(16-10-5-6-11-18(16)23)21(24)22-20(19-12-7-13-25-19)15-8-3-2-4-9-15/h2-14,20H,1H3,(H,22,24). The lowest BCUT2D eigenvalue weighted by Crippen LogP contribution is -2.28. The van der Waals surface area contributed by atoms with E-state index in [2.05, 4.69) is 11.4 Å². The van der Waals surface area contributed by atoms with Gasteiger partial charge in [-0.25, -0.2) is 0 Å². The van der Waals surface area contributed by atoms with Crippen LogP contribution < -0.4 is 5.32 Å². The van der Waals surface area contributed by atoms with Crippen LogP contribution in [0.2, 0.25) is 0 Å². The fraction of sp³-hybridized carbons (Fsp3) is 0.0952. The average Bonchev–Trinajstić information content (AvgIpc) is 3.29. The van der Waals surface area contributed by atoms with Crippen LogP contribution in [-0.4, -0.2) is 10.5 Å². The molecule has 0 fully saturated rings. The van der Waals surface area contributed by atoms with Gasteiger partial charge in [0.1, 0.15) is 0 Å². The molecule has 4 rings (SSSR count). The van der Waals surface area contributed by atoms with Crippen molar-refractivity contribution in [2.45, 2.75) is 6.04 Å². The van der Waals surface area contributed by atoms with Crippen molar-refractivity contribution in [2.24, 2.45) is 7.05 Å². The van der Waals surface area contributed by atoms with Crippen LogP contribution in [0.4, 0.5) is 0 Å². The van der Waals surface area contributed by atoms with Crippen molar-refractivity contribution in [3.8, 4) is 0 Å². The summed E-state index contributed by atoms with van der Waals surface area (Å²) >= 11 is 1.65. The molecular formula is C21H18N2OS. The SMILES string of the molecule is Cn1cc(C(=O)NC(c2ccccc2)c2cccs2)c2ccccc21. The first kappa shape index (κ1) is 15.7. The topological polar surface area (TPSA) is 34.0 Å². The third-order valence-electron chi connectivity index (χ3n) is 4.38. The Kier molecular flexibility index (Phi) is 4.12. The summed E-state index contributed by atoms with van der Waals surface area (Å²) in [7, 11) is 1.97. The highest BCUT2D eigenvalue weighted by Gasteiger charge is 2.21. The van der Waals surface area contributed by atoms with Crippen LogP contribution in [0.3, 0.4) is 0 Å². The van der Waals surface area contributed by atoms with Crippen molar-refractivity contribution >= 4 is 28.1 Å². The number of carbonyl (C=O) groups excluding carboxylic acids is 1. The molecule has 4 aromatic rings. The maximum atomic E-state index is 13.0. The number of nitrogens with zero attached hydrogens (tertiary/aromatic N) is 1. The van der Waals surface area contributed by atoms with Crippen molar-refractivity contribution in [1.82, 2.24) is 9.88 Å². The highest BCUT2D eigenvalue weighted by molar-refractivity contribution is 7.10. The van der Waals surface area contributed by atoms with Crippen LogP contribution in [0.5, 0.6) is 0 Å².